The van der Waals surface area contributed by atoms with Gasteiger partial charge in [-0.05, 0) is 42.5 Å². The number of benzene rings is 2. The molecule has 0 aliphatic carbocycles. The van der Waals surface area contributed by atoms with Crippen LogP contribution >= 0.6 is 0 Å². The highest BCUT2D eigenvalue weighted by Gasteiger charge is 2.53. The topological polar surface area (TPSA) is 46.5 Å². The van der Waals surface area contributed by atoms with E-state index in [9.17, 15) is 26.7 Å². The van der Waals surface area contributed by atoms with Crippen LogP contribution in [0, 0.1) is 5.82 Å². The molecule has 0 unspecified atom stereocenters. The van der Waals surface area contributed by atoms with Crippen LogP contribution in [0.1, 0.15) is 22.8 Å². The third-order valence-electron chi connectivity index (χ3n) is 3.39. The molecule has 0 aliphatic heterocycles. The van der Waals surface area contributed by atoms with E-state index in [1.165, 1.54) is 6.07 Å². The molecule has 0 heterocycles. The Morgan fingerprint density at radius 3 is 2.16 bits per heavy atom. The number of halogens is 5. The van der Waals surface area contributed by atoms with Gasteiger partial charge in [0.1, 0.15) is 12.4 Å². The Morgan fingerprint density at radius 1 is 1.08 bits per heavy atom. The van der Waals surface area contributed by atoms with Crippen molar-refractivity contribution in [2.24, 2.45) is 0 Å². The number of hydrogen-bond acceptors (Lipinski definition) is 3. The molecule has 25 heavy (non-hydrogen) atoms. The smallest absolute Gasteiger partial charge is 0.335 e. The van der Waals surface area contributed by atoms with Gasteiger partial charge in [-0.2, -0.15) is 17.6 Å². The number of Topliss-reactive ketones (excluding diaryl/α,β-unsaturated/α-hetero) is 1. The fourth-order valence-electron chi connectivity index (χ4n) is 1.96. The minimum absolute atomic E-state index is 0.0564. The average Bonchev–Trinajstić information content (AvgIpc) is 2.55. The first-order valence-corrected chi connectivity index (χ1v) is 7.04. The second-order valence-electron chi connectivity index (χ2n) is 5.32. The maximum absolute atomic E-state index is 13.9. The van der Waals surface area contributed by atoms with E-state index in [1.54, 1.807) is 0 Å². The van der Waals surface area contributed by atoms with Gasteiger partial charge >= 0.3 is 11.8 Å². The molecule has 0 bridgehead atoms. The molecule has 8 heteroatoms. The van der Waals surface area contributed by atoms with Crippen LogP contribution in [0.15, 0.2) is 42.5 Å². The van der Waals surface area contributed by atoms with E-state index >= 15 is 0 Å². The number of alkyl halides is 4. The normalized spacial score (nSPS) is 12.1. The van der Waals surface area contributed by atoms with Crippen molar-refractivity contribution in [2.45, 2.75) is 18.8 Å². The van der Waals surface area contributed by atoms with E-state index in [4.69, 9.17) is 9.84 Å². The summed E-state index contributed by atoms with van der Waals surface area (Å²) in [6.45, 7) is -0.667. The predicted molar refractivity (Wildman–Crippen MR) is 78.8 cm³/mol. The maximum Gasteiger partial charge on any atom is 0.335 e. The molecule has 3 nitrogen and oxygen atoms in total. The van der Waals surface area contributed by atoms with Crippen molar-refractivity contribution in [3.63, 3.8) is 0 Å². The number of aliphatic hydroxyl groups excluding tert-OH is 1. The molecule has 0 saturated carbocycles. The van der Waals surface area contributed by atoms with Gasteiger partial charge in [0.15, 0.2) is 17.3 Å². The van der Waals surface area contributed by atoms with Crippen LogP contribution in [0.4, 0.5) is 22.0 Å². The fourth-order valence-corrected chi connectivity index (χ4v) is 1.96. The van der Waals surface area contributed by atoms with E-state index < -0.39 is 35.6 Å². The number of carbonyl (C=O) groups excluding carboxylic acids is 1. The Kier molecular flexibility index (Phi) is 5.12. The van der Waals surface area contributed by atoms with Gasteiger partial charge in [-0.3, -0.25) is 4.79 Å². The summed E-state index contributed by atoms with van der Waals surface area (Å²) < 4.78 is 72.0. The Hall–Kier alpha value is -2.48. The molecule has 0 radical (unpaired) electrons. The van der Waals surface area contributed by atoms with Crippen molar-refractivity contribution in [1.82, 2.24) is 0 Å². The molecule has 2 rings (SSSR count). The van der Waals surface area contributed by atoms with Gasteiger partial charge in [-0.1, -0.05) is 0 Å². The highest BCUT2D eigenvalue weighted by atomic mass is 19.3. The first-order chi connectivity index (χ1) is 11.6. The summed E-state index contributed by atoms with van der Waals surface area (Å²) in [5.74, 6) is -10.5. The van der Waals surface area contributed by atoms with E-state index in [0.717, 1.165) is 36.4 Å². The summed E-state index contributed by atoms with van der Waals surface area (Å²) in [4.78, 5) is 11.3. The summed E-state index contributed by atoms with van der Waals surface area (Å²) in [5, 5.41) is 8.71. The van der Waals surface area contributed by atoms with Crippen LogP contribution < -0.4 is 4.74 Å². The summed E-state index contributed by atoms with van der Waals surface area (Å²) in [5.41, 5.74) is -0.968. The first kappa shape index (κ1) is 18.9. The lowest BCUT2D eigenvalue weighted by molar-refractivity contribution is -0.204. The van der Waals surface area contributed by atoms with E-state index in [1.807, 2.05) is 0 Å². The van der Waals surface area contributed by atoms with Crippen LogP contribution in [-0.2, 0) is 5.92 Å². The SMILES string of the molecule is CC(F)(F)C(F)(F)c1ccc(Oc2ccc(C(=O)CO)cc2F)cc1. The third-order valence-corrected chi connectivity index (χ3v) is 3.39. The lowest BCUT2D eigenvalue weighted by Gasteiger charge is -2.23. The minimum Gasteiger partial charge on any atom is -0.454 e. The second kappa shape index (κ2) is 6.79. The van der Waals surface area contributed by atoms with Gasteiger partial charge in [0.25, 0.3) is 0 Å². The zero-order valence-electron chi connectivity index (χ0n) is 12.9. The highest BCUT2D eigenvalue weighted by Crippen LogP contribution is 2.43. The van der Waals surface area contributed by atoms with Gasteiger partial charge < -0.3 is 9.84 Å². The molecule has 2 aromatic rings. The van der Waals surface area contributed by atoms with Crippen LogP contribution in [-0.4, -0.2) is 23.4 Å². The molecule has 0 spiro atoms. The number of ketones is 1. The van der Waals surface area contributed by atoms with Crippen molar-refractivity contribution in [1.29, 1.82) is 0 Å². The Morgan fingerprint density at radius 2 is 1.68 bits per heavy atom. The quantitative estimate of drug-likeness (QED) is 0.608. The van der Waals surface area contributed by atoms with Crippen molar-refractivity contribution in [3.05, 3.63) is 59.4 Å². The maximum atomic E-state index is 13.9. The largest absolute Gasteiger partial charge is 0.454 e. The standard InChI is InChI=1S/C17H13F5O3/c1-16(19,20)17(21,22)11-3-5-12(6-4-11)25-15-7-2-10(8-13(15)18)14(24)9-23/h2-8,23H,9H2,1H3. The zero-order chi connectivity index (χ0) is 18.8. The molecule has 2 aromatic carbocycles. The first-order valence-electron chi connectivity index (χ1n) is 7.04. The number of rotatable bonds is 6. The Balaban J connectivity index is 2.21. The van der Waals surface area contributed by atoms with Crippen LogP contribution in [0.25, 0.3) is 0 Å². The number of hydrogen-bond donors (Lipinski definition) is 1. The third kappa shape index (κ3) is 3.96. The fraction of sp³-hybridized carbons (Fsp3) is 0.235. The van der Waals surface area contributed by atoms with Crippen LogP contribution in [0.2, 0.25) is 0 Å². The zero-order valence-corrected chi connectivity index (χ0v) is 12.9. The highest BCUT2D eigenvalue weighted by molar-refractivity contribution is 5.97. The lowest BCUT2D eigenvalue weighted by atomic mass is 10.0. The van der Waals surface area contributed by atoms with Crippen molar-refractivity contribution < 1.29 is 36.6 Å². The van der Waals surface area contributed by atoms with Gasteiger partial charge in [-0.15, -0.1) is 0 Å². The molecule has 1 N–H and O–H groups in total. The van der Waals surface area contributed by atoms with E-state index in [0.29, 0.717) is 0 Å². The Labute approximate surface area is 139 Å². The summed E-state index contributed by atoms with van der Waals surface area (Å²) >= 11 is 0. The molecule has 0 aromatic heterocycles. The molecule has 134 valence electrons. The summed E-state index contributed by atoms with van der Waals surface area (Å²) in [6, 6.07) is 6.72. The van der Waals surface area contributed by atoms with Crippen LogP contribution in [0.5, 0.6) is 11.5 Å². The van der Waals surface area contributed by atoms with Crippen molar-refractivity contribution >= 4 is 5.78 Å². The van der Waals surface area contributed by atoms with Gasteiger partial charge in [0.2, 0.25) is 0 Å². The average molecular weight is 360 g/mol. The number of carbonyl (C=O) groups is 1. The van der Waals surface area contributed by atoms with Crippen molar-refractivity contribution in [3.8, 4) is 11.5 Å². The summed E-state index contributed by atoms with van der Waals surface area (Å²) in [7, 11) is 0. The van der Waals surface area contributed by atoms with Crippen molar-refractivity contribution in [2.75, 3.05) is 6.61 Å². The molecule has 0 aliphatic rings. The van der Waals surface area contributed by atoms with E-state index in [-0.39, 0.29) is 24.0 Å². The molecular formula is C17H13F5O3. The number of aliphatic hydroxyl groups is 1. The molecular weight excluding hydrogens is 347 g/mol. The van der Waals surface area contributed by atoms with E-state index in [2.05, 4.69) is 0 Å². The number of ether oxygens (including phenoxy) is 1. The van der Waals surface area contributed by atoms with Gasteiger partial charge in [0.05, 0.1) is 0 Å². The monoisotopic (exact) mass is 360 g/mol. The second-order valence-corrected chi connectivity index (χ2v) is 5.32. The summed E-state index contributed by atoms with van der Waals surface area (Å²) in [6.07, 6.45) is 0. The molecule has 0 amide bonds. The predicted octanol–water partition coefficient (Wildman–Crippen LogP) is 4.54. The molecule has 0 atom stereocenters. The molecule has 0 fully saturated rings. The minimum atomic E-state index is -4.36. The van der Waals surface area contributed by atoms with Gasteiger partial charge in [0, 0.05) is 18.1 Å². The molecule has 0 saturated heterocycles. The Bertz CT molecular complexity index is 767. The lowest BCUT2D eigenvalue weighted by Crippen LogP contribution is -2.34. The van der Waals surface area contributed by atoms with Crippen LogP contribution in [0.3, 0.4) is 0 Å². The van der Waals surface area contributed by atoms with Gasteiger partial charge in [-0.25, -0.2) is 4.39 Å².